The fourth-order valence-electron chi connectivity index (χ4n) is 3.30. The van der Waals surface area contributed by atoms with Crippen LogP contribution in [0.1, 0.15) is 11.3 Å². The minimum atomic E-state index is -3.70. The van der Waals surface area contributed by atoms with Gasteiger partial charge in [0.05, 0.1) is 15.4 Å². The molecule has 0 saturated heterocycles. The molecule has 4 aromatic rings. The number of para-hydroxylation sites is 1. The first-order chi connectivity index (χ1) is 13.3. The number of rotatable bonds is 5. The summed E-state index contributed by atoms with van der Waals surface area (Å²) in [6, 6.07) is 12.8. The topological polar surface area (TPSA) is 92.2 Å². The summed E-state index contributed by atoms with van der Waals surface area (Å²) in [5.41, 5.74) is 2.72. The first kappa shape index (κ1) is 18.7. The number of sulfonamides is 1. The second kappa shape index (κ2) is 7.09. The SMILES string of the molecule is Cc1[nH]c2c(Cl)cccc2c1CCNS(=O)(=O)c1ccc2oc(=O)ccc2c1. The van der Waals surface area contributed by atoms with E-state index in [0.717, 1.165) is 22.2 Å². The fourth-order valence-corrected chi connectivity index (χ4v) is 4.59. The number of aromatic amines is 1. The van der Waals surface area contributed by atoms with E-state index in [1.807, 2.05) is 25.1 Å². The molecule has 2 heterocycles. The van der Waals surface area contributed by atoms with Crippen LogP contribution in [-0.4, -0.2) is 19.9 Å². The van der Waals surface area contributed by atoms with Crippen molar-refractivity contribution in [2.75, 3.05) is 6.54 Å². The summed E-state index contributed by atoms with van der Waals surface area (Å²) in [5, 5.41) is 2.17. The number of hydrogen-bond donors (Lipinski definition) is 2. The van der Waals surface area contributed by atoms with Crippen LogP contribution in [0.2, 0.25) is 5.02 Å². The van der Waals surface area contributed by atoms with Crippen LogP contribution >= 0.6 is 11.6 Å². The molecule has 0 spiro atoms. The summed E-state index contributed by atoms with van der Waals surface area (Å²) < 4.78 is 33.0. The summed E-state index contributed by atoms with van der Waals surface area (Å²) >= 11 is 6.22. The number of fused-ring (bicyclic) bond motifs is 2. The van der Waals surface area contributed by atoms with Crippen LogP contribution in [0.15, 0.2) is 62.6 Å². The lowest BCUT2D eigenvalue weighted by atomic mass is 10.1. The number of aryl methyl sites for hydroxylation is 1. The van der Waals surface area contributed by atoms with Crippen molar-refractivity contribution in [3.63, 3.8) is 0 Å². The van der Waals surface area contributed by atoms with Gasteiger partial charge in [-0.1, -0.05) is 23.7 Å². The molecule has 2 aromatic carbocycles. The molecule has 0 atom stereocenters. The highest BCUT2D eigenvalue weighted by atomic mass is 35.5. The molecule has 0 fully saturated rings. The first-order valence-electron chi connectivity index (χ1n) is 8.64. The van der Waals surface area contributed by atoms with Gasteiger partial charge in [0.2, 0.25) is 10.0 Å². The molecule has 2 N–H and O–H groups in total. The van der Waals surface area contributed by atoms with Crippen LogP contribution < -0.4 is 10.3 Å². The van der Waals surface area contributed by atoms with Gasteiger partial charge in [0.1, 0.15) is 5.58 Å². The van der Waals surface area contributed by atoms with Crippen LogP contribution in [-0.2, 0) is 16.4 Å². The first-order valence-corrected chi connectivity index (χ1v) is 10.5. The van der Waals surface area contributed by atoms with Crippen molar-refractivity contribution in [2.45, 2.75) is 18.2 Å². The maximum absolute atomic E-state index is 12.6. The fraction of sp³-hybridized carbons (Fsp3) is 0.150. The lowest BCUT2D eigenvalue weighted by Crippen LogP contribution is -2.26. The van der Waals surface area contributed by atoms with Crippen LogP contribution in [0, 0.1) is 6.92 Å². The Hall–Kier alpha value is -2.61. The molecule has 0 aliphatic rings. The monoisotopic (exact) mass is 416 g/mol. The Morgan fingerprint density at radius 1 is 1.14 bits per heavy atom. The summed E-state index contributed by atoms with van der Waals surface area (Å²) in [6.45, 7) is 2.18. The summed E-state index contributed by atoms with van der Waals surface area (Å²) in [7, 11) is -3.70. The molecule has 8 heteroatoms. The molecule has 0 aliphatic heterocycles. The lowest BCUT2D eigenvalue weighted by molar-refractivity contribution is 0.560. The number of hydrogen-bond acceptors (Lipinski definition) is 4. The van der Waals surface area contributed by atoms with E-state index in [9.17, 15) is 13.2 Å². The lowest BCUT2D eigenvalue weighted by Gasteiger charge is -2.08. The maximum atomic E-state index is 12.6. The number of aromatic nitrogens is 1. The Bertz CT molecular complexity index is 1360. The van der Waals surface area contributed by atoms with Crippen molar-refractivity contribution in [2.24, 2.45) is 0 Å². The highest BCUT2D eigenvalue weighted by molar-refractivity contribution is 7.89. The molecule has 144 valence electrons. The van der Waals surface area contributed by atoms with Crippen LogP contribution in [0.25, 0.3) is 21.9 Å². The average molecular weight is 417 g/mol. The van der Waals surface area contributed by atoms with Gasteiger partial charge in [0.15, 0.2) is 0 Å². The number of nitrogens with one attached hydrogen (secondary N) is 2. The second-order valence-corrected chi connectivity index (χ2v) is 8.67. The molecule has 0 radical (unpaired) electrons. The highest BCUT2D eigenvalue weighted by Crippen LogP contribution is 2.28. The summed E-state index contributed by atoms with van der Waals surface area (Å²) in [5.74, 6) is 0. The standard InChI is InChI=1S/C20H17ClN2O4S/c1-12-15(16-3-2-4-17(21)20(16)23-12)9-10-22-28(25,26)14-6-7-18-13(11-14)5-8-19(24)27-18/h2-8,11,22-23H,9-10H2,1H3. The van der Waals surface area contributed by atoms with E-state index in [0.29, 0.717) is 22.4 Å². The van der Waals surface area contributed by atoms with Gasteiger partial charge in [0, 0.05) is 29.1 Å². The largest absolute Gasteiger partial charge is 0.423 e. The maximum Gasteiger partial charge on any atom is 0.336 e. The van der Waals surface area contributed by atoms with Crippen LogP contribution in [0.4, 0.5) is 0 Å². The predicted octanol–water partition coefficient (Wildman–Crippen LogP) is 3.76. The molecule has 28 heavy (non-hydrogen) atoms. The Morgan fingerprint density at radius 3 is 2.79 bits per heavy atom. The Labute approximate surface area is 166 Å². The Balaban J connectivity index is 1.55. The van der Waals surface area contributed by atoms with Gasteiger partial charge in [-0.05, 0) is 49.2 Å². The molecule has 0 saturated carbocycles. The van der Waals surface area contributed by atoms with Crippen LogP contribution in [0.3, 0.4) is 0 Å². The van der Waals surface area contributed by atoms with Gasteiger partial charge in [-0.3, -0.25) is 0 Å². The minimum Gasteiger partial charge on any atom is -0.423 e. The average Bonchev–Trinajstić information content (AvgIpc) is 2.98. The molecule has 0 amide bonds. The van der Waals surface area contributed by atoms with Crippen molar-refractivity contribution in [1.29, 1.82) is 0 Å². The minimum absolute atomic E-state index is 0.118. The highest BCUT2D eigenvalue weighted by Gasteiger charge is 2.16. The smallest absolute Gasteiger partial charge is 0.336 e. The van der Waals surface area contributed by atoms with Crippen molar-refractivity contribution in [3.8, 4) is 0 Å². The third-order valence-corrected chi connectivity index (χ3v) is 6.45. The van der Waals surface area contributed by atoms with Gasteiger partial charge in [-0.2, -0.15) is 0 Å². The van der Waals surface area contributed by atoms with E-state index in [1.54, 1.807) is 6.07 Å². The number of benzene rings is 2. The molecule has 2 aromatic heterocycles. The summed E-state index contributed by atoms with van der Waals surface area (Å²) in [4.78, 5) is 14.6. The Morgan fingerprint density at radius 2 is 1.96 bits per heavy atom. The number of halogens is 1. The zero-order valence-corrected chi connectivity index (χ0v) is 16.5. The van der Waals surface area contributed by atoms with E-state index < -0.39 is 15.6 Å². The van der Waals surface area contributed by atoms with E-state index >= 15 is 0 Å². The zero-order chi connectivity index (χ0) is 19.9. The molecule has 0 unspecified atom stereocenters. The third-order valence-electron chi connectivity index (χ3n) is 4.67. The van der Waals surface area contributed by atoms with Gasteiger partial charge in [-0.25, -0.2) is 17.9 Å². The van der Waals surface area contributed by atoms with Crippen molar-refractivity contribution in [3.05, 3.63) is 75.2 Å². The predicted molar refractivity (Wildman–Crippen MR) is 109 cm³/mol. The normalized spacial score (nSPS) is 12.1. The van der Waals surface area contributed by atoms with Crippen LogP contribution in [0.5, 0.6) is 0 Å². The zero-order valence-electron chi connectivity index (χ0n) is 15.0. The molecule has 6 nitrogen and oxygen atoms in total. The van der Waals surface area contributed by atoms with E-state index in [4.69, 9.17) is 16.0 Å². The van der Waals surface area contributed by atoms with Crippen molar-refractivity contribution < 1.29 is 12.8 Å². The van der Waals surface area contributed by atoms with Gasteiger partial charge in [0.25, 0.3) is 0 Å². The molecular formula is C20H17ClN2O4S. The summed E-state index contributed by atoms with van der Waals surface area (Å²) in [6.07, 6.45) is 0.522. The molecular weight excluding hydrogens is 400 g/mol. The van der Waals surface area contributed by atoms with Crippen molar-refractivity contribution >= 4 is 43.5 Å². The third kappa shape index (κ3) is 3.44. The van der Waals surface area contributed by atoms with E-state index in [2.05, 4.69) is 9.71 Å². The number of H-pyrrole nitrogens is 1. The second-order valence-electron chi connectivity index (χ2n) is 6.49. The quantitative estimate of drug-likeness (QED) is 0.484. The molecule has 4 rings (SSSR count). The Kier molecular flexibility index (Phi) is 4.74. The molecule has 0 aliphatic carbocycles. The molecule has 0 bridgehead atoms. The van der Waals surface area contributed by atoms with E-state index in [-0.39, 0.29) is 11.4 Å². The van der Waals surface area contributed by atoms with Gasteiger partial charge >= 0.3 is 5.63 Å². The van der Waals surface area contributed by atoms with Gasteiger partial charge < -0.3 is 9.40 Å². The van der Waals surface area contributed by atoms with Gasteiger partial charge in [-0.15, -0.1) is 0 Å². The van der Waals surface area contributed by atoms with Crippen molar-refractivity contribution in [1.82, 2.24) is 9.71 Å². The van der Waals surface area contributed by atoms with E-state index in [1.165, 1.54) is 24.3 Å².